The summed E-state index contributed by atoms with van der Waals surface area (Å²) in [5.41, 5.74) is 3.97. The zero-order valence-electron chi connectivity index (χ0n) is 17.5. The summed E-state index contributed by atoms with van der Waals surface area (Å²) in [4.78, 5) is 19.3. The summed E-state index contributed by atoms with van der Waals surface area (Å²) >= 11 is 0. The number of aromatic nitrogens is 1. The summed E-state index contributed by atoms with van der Waals surface area (Å²) in [5.74, 6) is 1.25. The van der Waals surface area contributed by atoms with Gasteiger partial charge >= 0.3 is 0 Å². The molecule has 6 heteroatoms. The van der Waals surface area contributed by atoms with E-state index in [1.54, 1.807) is 18.5 Å². The zero-order chi connectivity index (χ0) is 21.2. The van der Waals surface area contributed by atoms with Crippen molar-refractivity contribution in [3.05, 3.63) is 66.2 Å². The van der Waals surface area contributed by atoms with Gasteiger partial charge in [-0.3, -0.25) is 9.78 Å². The lowest BCUT2D eigenvalue weighted by Crippen LogP contribution is -2.26. The number of anilines is 2. The number of aliphatic hydroxyl groups is 1. The molecule has 3 aromatic rings. The number of nitrogens with zero attached hydrogens (tertiary/aromatic N) is 2. The lowest BCUT2D eigenvalue weighted by molar-refractivity contribution is 0.0997. The molecule has 1 aromatic carbocycles. The van der Waals surface area contributed by atoms with Gasteiger partial charge in [0.2, 0.25) is 0 Å². The van der Waals surface area contributed by atoms with Crippen LogP contribution in [0.4, 0.5) is 11.4 Å². The molecular formula is C25H27N3O3. The van der Waals surface area contributed by atoms with Gasteiger partial charge in [-0.15, -0.1) is 0 Å². The summed E-state index contributed by atoms with van der Waals surface area (Å²) in [5, 5.41) is 13.1. The Morgan fingerprint density at radius 3 is 2.68 bits per heavy atom. The number of aliphatic hydroxyl groups excluding tert-OH is 1. The highest BCUT2D eigenvalue weighted by Crippen LogP contribution is 2.43. The minimum absolute atomic E-state index is 0.247. The fourth-order valence-corrected chi connectivity index (χ4v) is 4.23. The Balaban J connectivity index is 1.40. The zero-order valence-corrected chi connectivity index (χ0v) is 17.5. The fraction of sp³-hybridized carbons (Fsp3) is 0.360. The van der Waals surface area contributed by atoms with Gasteiger partial charge in [-0.1, -0.05) is 6.07 Å². The minimum atomic E-state index is -0.260. The van der Waals surface area contributed by atoms with Crippen LogP contribution in [0, 0.1) is 0 Å². The van der Waals surface area contributed by atoms with E-state index in [1.807, 2.05) is 18.2 Å². The van der Waals surface area contributed by atoms with Crippen molar-refractivity contribution in [2.75, 3.05) is 23.3 Å². The van der Waals surface area contributed by atoms with E-state index >= 15 is 0 Å². The molecule has 3 heterocycles. The maximum absolute atomic E-state index is 13.0. The van der Waals surface area contributed by atoms with Gasteiger partial charge in [0.1, 0.15) is 5.76 Å². The molecule has 2 aromatic heterocycles. The van der Waals surface area contributed by atoms with Crippen molar-refractivity contribution in [2.45, 2.75) is 44.1 Å². The molecule has 5 rings (SSSR count). The van der Waals surface area contributed by atoms with E-state index < -0.39 is 0 Å². The molecule has 1 saturated heterocycles. The Labute approximate surface area is 181 Å². The van der Waals surface area contributed by atoms with Gasteiger partial charge in [-0.2, -0.15) is 0 Å². The lowest BCUT2D eigenvalue weighted by atomic mass is 10.1. The first kappa shape index (κ1) is 19.8. The molecule has 2 aliphatic rings. The maximum Gasteiger partial charge on any atom is 0.291 e. The van der Waals surface area contributed by atoms with Crippen molar-refractivity contribution in [1.29, 1.82) is 0 Å². The van der Waals surface area contributed by atoms with Crippen LogP contribution in [0.15, 0.2) is 59.3 Å². The highest BCUT2D eigenvalue weighted by molar-refractivity contribution is 6.04. The van der Waals surface area contributed by atoms with Crippen LogP contribution in [0.1, 0.15) is 54.1 Å². The van der Waals surface area contributed by atoms with Crippen molar-refractivity contribution in [2.24, 2.45) is 0 Å². The van der Waals surface area contributed by atoms with Gasteiger partial charge in [-0.05, 0) is 80.0 Å². The predicted octanol–water partition coefficient (Wildman–Crippen LogP) is 4.82. The molecule has 6 nitrogen and oxygen atoms in total. The molecule has 1 saturated carbocycles. The topological polar surface area (TPSA) is 78.6 Å². The average molecular weight is 418 g/mol. The van der Waals surface area contributed by atoms with Crippen molar-refractivity contribution in [3.63, 3.8) is 0 Å². The maximum atomic E-state index is 13.0. The quantitative estimate of drug-likeness (QED) is 0.622. The van der Waals surface area contributed by atoms with Gasteiger partial charge in [0.05, 0.1) is 17.5 Å². The second kappa shape index (κ2) is 8.55. The standard InChI is InChI=1S/C25H27N3O3/c29-20-2-1-14-28(15-11-20)22-6-5-19(17-3-4-17)16-21(22)27-25(30)24-8-7-23(31-24)18-9-12-26-13-10-18/h5-10,12-13,16-17,20,29H,1-4,11,14-15H2,(H,27,30)/t20-/m1/s1. The van der Waals surface area contributed by atoms with Crippen LogP contribution in [0.25, 0.3) is 11.3 Å². The largest absolute Gasteiger partial charge is 0.451 e. The lowest BCUT2D eigenvalue weighted by Gasteiger charge is -2.26. The Kier molecular flexibility index (Phi) is 5.47. The van der Waals surface area contributed by atoms with E-state index in [9.17, 15) is 9.90 Å². The molecule has 0 radical (unpaired) electrons. The number of benzene rings is 1. The highest BCUT2D eigenvalue weighted by atomic mass is 16.3. The Hall–Kier alpha value is -3.12. The van der Waals surface area contributed by atoms with E-state index in [0.717, 1.165) is 49.3 Å². The number of hydrogen-bond acceptors (Lipinski definition) is 5. The molecule has 0 unspecified atom stereocenters. The molecule has 1 aliphatic heterocycles. The van der Waals surface area contributed by atoms with Crippen LogP contribution in [-0.2, 0) is 0 Å². The van der Waals surface area contributed by atoms with Crippen molar-refractivity contribution < 1.29 is 14.3 Å². The van der Waals surface area contributed by atoms with Crippen LogP contribution < -0.4 is 10.2 Å². The van der Waals surface area contributed by atoms with Crippen LogP contribution in [0.5, 0.6) is 0 Å². The minimum Gasteiger partial charge on any atom is -0.451 e. The third kappa shape index (κ3) is 4.49. The highest BCUT2D eigenvalue weighted by Gasteiger charge is 2.26. The summed E-state index contributed by atoms with van der Waals surface area (Å²) in [6.07, 6.45) is 8.06. The molecule has 2 N–H and O–H groups in total. The normalized spacial score (nSPS) is 19.1. The van der Waals surface area contributed by atoms with Crippen LogP contribution in [0.2, 0.25) is 0 Å². The second-order valence-corrected chi connectivity index (χ2v) is 8.48. The number of rotatable bonds is 5. The van der Waals surface area contributed by atoms with Gasteiger partial charge < -0.3 is 19.7 Å². The molecule has 1 aliphatic carbocycles. The Bertz CT molecular complexity index is 1060. The number of carbonyl (C=O) groups is 1. The summed E-state index contributed by atoms with van der Waals surface area (Å²) < 4.78 is 5.83. The van der Waals surface area contributed by atoms with Crippen molar-refractivity contribution >= 4 is 17.3 Å². The summed E-state index contributed by atoms with van der Waals surface area (Å²) in [6, 6.07) is 13.6. The third-order valence-corrected chi connectivity index (χ3v) is 6.15. The van der Waals surface area contributed by atoms with Gasteiger partial charge in [0, 0.05) is 31.0 Å². The molecule has 2 fully saturated rings. The molecule has 31 heavy (non-hydrogen) atoms. The van der Waals surface area contributed by atoms with Gasteiger partial charge in [0.25, 0.3) is 5.91 Å². The first-order valence-electron chi connectivity index (χ1n) is 11.1. The number of amides is 1. The smallest absolute Gasteiger partial charge is 0.291 e. The third-order valence-electron chi connectivity index (χ3n) is 6.15. The molecule has 0 bridgehead atoms. The number of nitrogens with one attached hydrogen (secondary N) is 1. The van der Waals surface area contributed by atoms with Crippen molar-refractivity contribution in [1.82, 2.24) is 4.98 Å². The van der Waals surface area contributed by atoms with Crippen LogP contribution >= 0.6 is 0 Å². The first-order chi connectivity index (χ1) is 15.2. The fourth-order valence-electron chi connectivity index (χ4n) is 4.23. The van der Waals surface area contributed by atoms with E-state index in [1.165, 1.54) is 18.4 Å². The van der Waals surface area contributed by atoms with Crippen LogP contribution in [-0.4, -0.2) is 35.2 Å². The Morgan fingerprint density at radius 2 is 1.87 bits per heavy atom. The van der Waals surface area contributed by atoms with Crippen LogP contribution in [0.3, 0.4) is 0 Å². The first-order valence-corrected chi connectivity index (χ1v) is 11.1. The SMILES string of the molecule is O=C(Nc1cc(C2CC2)ccc1N1CCC[C@@H](O)CC1)c1ccc(-c2ccncc2)o1. The summed E-state index contributed by atoms with van der Waals surface area (Å²) in [7, 11) is 0. The van der Waals surface area contributed by atoms with E-state index in [0.29, 0.717) is 11.7 Å². The van der Waals surface area contributed by atoms with E-state index in [4.69, 9.17) is 4.42 Å². The number of pyridine rings is 1. The van der Waals surface area contributed by atoms with Crippen molar-refractivity contribution in [3.8, 4) is 11.3 Å². The summed E-state index contributed by atoms with van der Waals surface area (Å²) in [6.45, 7) is 1.65. The molecule has 0 spiro atoms. The predicted molar refractivity (Wildman–Crippen MR) is 120 cm³/mol. The monoisotopic (exact) mass is 417 g/mol. The van der Waals surface area contributed by atoms with Gasteiger partial charge in [-0.25, -0.2) is 0 Å². The molecule has 1 amide bonds. The van der Waals surface area contributed by atoms with Gasteiger partial charge in [0.15, 0.2) is 5.76 Å². The Morgan fingerprint density at radius 1 is 1.03 bits per heavy atom. The molecule has 160 valence electrons. The average Bonchev–Trinajstić information content (AvgIpc) is 3.56. The molecular weight excluding hydrogens is 390 g/mol. The van der Waals surface area contributed by atoms with E-state index in [2.05, 4.69) is 33.4 Å². The van der Waals surface area contributed by atoms with E-state index in [-0.39, 0.29) is 17.8 Å². The second-order valence-electron chi connectivity index (χ2n) is 8.48. The number of carbonyl (C=O) groups excluding carboxylic acids is 1. The molecule has 1 atom stereocenters. The number of furan rings is 1. The number of hydrogen-bond donors (Lipinski definition) is 2.